The van der Waals surface area contributed by atoms with E-state index in [1.165, 1.54) is 23.9 Å². The molecule has 4 rings (SSSR count). The van der Waals surface area contributed by atoms with Crippen LogP contribution in [0.25, 0.3) is 0 Å². The maximum absolute atomic E-state index is 13.5. The summed E-state index contributed by atoms with van der Waals surface area (Å²) in [6.07, 6.45) is 1.54. The van der Waals surface area contributed by atoms with E-state index < -0.39 is 17.0 Å². The molecule has 2 atom stereocenters. The highest BCUT2D eigenvalue weighted by atomic mass is 35.5. The molecule has 5 nitrogen and oxygen atoms in total. The maximum Gasteiger partial charge on any atom is 0.241 e. The number of hydrogen-bond acceptors (Lipinski definition) is 4. The quantitative estimate of drug-likeness (QED) is 0.562. The van der Waals surface area contributed by atoms with Crippen LogP contribution in [0.1, 0.15) is 18.2 Å². The Balaban J connectivity index is 1.57. The molecule has 2 amide bonds. The molecule has 8 heteroatoms. The van der Waals surface area contributed by atoms with Crippen LogP contribution in [0.2, 0.25) is 5.02 Å². The number of anilines is 1. The summed E-state index contributed by atoms with van der Waals surface area (Å²) in [5.74, 6) is -0.798. The summed E-state index contributed by atoms with van der Waals surface area (Å²) in [5, 5.41) is 2.48. The van der Waals surface area contributed by atoms with Crippen LogP contribution in [-0.2, 0) is 22.7 Å². The third-order valence-electron chi connectivity index (χ3n) is 5.15. The lowest BCUT2D eigenvalue weighted by Crippen LogP contribution is -2.47. The van der Waals surface area contributed by atoms with E-state index >= 15 is 0 Å². The number of nitrogens with zero attached hydrogens (tertiary/aromatic N) is 1. The fraction of sp³-hybridized carbons (Fsp3) is 0.217. The van der Waals surface area contributed by atoms with Gasteiger partial charge in [-0.2, -0.15) is 0 Å². The van der Waals surface area contributed by atoms with E-state index in [0.717, 1.165) is 10.6 Å². The maximum atomic E-state index is 13.5. The Morgan fingerprint density at radius 2 is 2.06 bits per heavy atom. The zero-order valence-electron chi connectivity index (χ0n) is 16.7. The van der Waals surface area contributed by atoms with Gasteiger partial charge < -0.3 is 14.6 Å². The van der Waals surface area contributed by atoms with Crippen LogP contribution >= 0.6 is 23.4 Å². The highest BCUT2D eigenvalue weighted by Crippen LogP contribution is 2.42. The van der Waals surface area contributed by atoms with E-state index in [4.69, 9.17) is 16.0 Å². The smallest absolute Gasteiger partial charge is 0.241 e. The molecule has 2 unspecified atom stereocenters. The van der Waals surface area contributed by atoms with Gasteiger partial charge in [-0.25, -0.2) is 4.39 Å². The van der Waals surface area contributed by atoms with Crippen LogP contribution in [0.5, 0.6) is 0 Å². The van der Waals surface area contributed by atoms with Crippen LogP contribution in [-0.4, -0.2) is 17.1 Å². The Hall–Kier alpha value is -2.77. The second kappa shape index (κ2) is 9.16. The molecule has 0 fully saturated rings. The first-order valence-corrected chi connectivity index (χ1v) is 11.0. The summed E-state index contributed by atoms with van der Waals surface area (Å²) >= 11 is 7.58. The Morgan fingerprint density at radius 1 is 1.26 bits per heavy atom. The third kappa shape index (κ3) is 4.62. The highest BCUT2D eigenvalue weighted by Gasteiger charge is 2.39. The molecule has 0 saturated heterocycles. The molecule has 31 heavy (non-hydrogen) atoms. The van der Waals surface area contributed by atoms with Crippen molar-refractivity contribution >= 4 is 40.9 Å². The molecule has 0 aliphatic carbocycles. The number of carbonyl (C=O) groups is 2. The minimum absolute atomic E-state index is 0.187. The second-order valence-electron chi connectivity index (χ2n) is 7.25. The van der Waals surface area contributed by atoms with Crippen LogP contribution < -0.4 is 10.2 Å². The molecule has 160 valence electrons. The largest absolute Gasteiger partial charge is 0.467 e. The van der Waals surface area contributed by atoms with Crippen LogP contribution in [0.15, 0.2) is 70.2 Å². The number of nitrogens with one attached hydrogen (secondary N) is 1. The number of benzene rings is 2. The van der Waals surface area contributed by atoms with Crippen molar-refractivity contribution in [3.63, 3.8) is 0 Å². The predicted molar refractivity (Wildman–Crippen MR) is 118 cm³/mol. The van der Waals surface area contributed by atoms with E-state index in [-0.39, 0.29) is 29.9 Å². The number of fused-ring (bicyclic) bond motifs is 1. The van der Waals surface area contributed by atoms with Crippen molar-refractivity contribution < 1.29 is 18.4 Å². The fourth-order valence-electron chi connectivity index (χ4n) is 3.42. The monoisotopic (exact) mass is 458 g/mol. The molecule has 0 radical (unpaired) electrons. The van der Waals surface area contributed by atoms with Gasteiger partial charge in [-0.15, -0.1) is 11.8 Å². The van der Waals surface area contributed by atoms with Gasteiger partial charge in [0.2, 0.25) is 11.8 Å². The van der Waals surface area contributed by atoms with E-state index in [1.807, 2.05) is 24.3 Å². The van der Waals surface area contributed by atoms with Crippen molar-refractivity contribution in [3.8, 4) is 0 Å². The topological polar surface area (TPSA) is 62.6 Å². The minimum atomic E-state index is -0.606. The van der Waals surface area contributed by atoms with E-state index in [1.54, 1.807) is 36.3 Å². The summed E-state index contributed by atoms with van der Waals surface area (Å²) in [6.45, 7) is 2.18. The lowest BCUT2D eigenvalue weighted by atomic mass is 10.0. The molecule has 0 bridgehead atoms. The van der Waals surface area contributed by atoms with Gasteiger partial charge in [0.1, 0.15) is 16.8 Å². The molecular formula is C23H20ClFN2O3S. The molecule has 2 aromatic carbocycles. The van der Waals surface area contributed by atoms with Gasteiger partial charge in [0.15, 0.2) is 0 Å². The number of halogens is 2. The number of amides is 2. The van der Waals surface area contributed by atoms with Crippen LogP contribution in [0, 0.1) is 11.7 Å². The van der Waals surface area contributed by atoms with E-state index in [0.29, 0.717) is 11.3 Å². The van der Waals surface area contributed by atoms with Gasteiger partial charge in [0, 0.05) is 9.92 Å². The molecule has 0 saturated carbocycles. The van der Waals surface area contributed by atoms with Crippen LogP contribution in [0.3, 0.4) is 0 Å². The summed E-state index contributed by atoms with van der Waals surface area (Å²) in [6, 6.07) is 15.2. The molecule has 1 aromatic heterocycles. The Labute approximate surface area is 188 Å². The van der Waals surface area contributed by atoms with Crippen LogP contribution in [0.4, 0.5) is 10.1 Å². The first-order valence-electron chi connectivity index (χ1n) is 9.75. The van der Waals surface area contributed by atoms with Crippen molar-refractivity contribution in [1.82, 2.24) is 5.32 Å². The van der Waals surface area contributed by atoms with Gasteiger partial charge in [-0.3, -0.25) is 9.59 Å². The predicted octanol–water partition coefficient (Wildman–Crippen LogP) is 5.03. The number of hydrogen-bond donors (Lipinski definition) is 1. The van der Waals surface area contributed by atoms with E-state index in [2.05, 4.69) is 5.32 Å². The Kier molecular flexibility index (Phi) is 6.34. The summed E-state index contributed by atoms with van der Waals surface area (Å²) in [5.41, 5.74) is 1.38. The summed E-state index contributed by atoms with van der Waals surface area (Å²) in [4.78, 5) is 28.7. The van der Waals surface area contributed by atoms with E-state index in [9.17, 15) is 14.0 Å². The van der Waals surface area contributed by atoms with Gasteiger partial charge in [0.25, 0.3) is 0 Å². The van der Waals surface area contributed by atoms with Crippen molar-refractivity contribution in [2.75, 3.05) is 4.90 Å². The van der Waals surface area contributed by atoms with Crippen molar-refractivity contribution in [2.45, 2.75) is 30.2 Å². The van der Waals surface area contributed by atoms with Crippen molar-refractivity contribution in [1.29, 1.82) is 0 Å². The number of furan rings is 1. The molecule has 2 heterocycles. The molecule has 1 aliphatic rings. The minimum Gasteiger partial charge on any atom is -0.467 e. The molecule has 3 aromatic rings. The lowest BCUT2D eigenvalue weighted by molar-refractivity contribution is -0.128. The standard InChI is InChI=1S/C23H20ClFN2O3S/c1-14(22(28)26-12-17-5-4-10-30-17)21-23(29)27(19-6-2-3-7-20(19)31-21)13-15-8-9-16(25)11-18(15)24/h2-11,14,21H,12-13H2,1H3,(H,26,28). The Bertz CT molecular complexity index is 1110. The van der Waals surface area contributed by atoms with Gasteiger partial charge in [-0.05, 0) is 42.0 Å². The van der Waals surface area contributed by atoms with Gasteiger partial charge >= 0.3 is 0 Å². The number of para-hydroxylation sites is 1. The number of rotatable bonds is 6. The average Bonchev–Trinajstić information content (AvgIpc) is 3.28. The number of thioether (sulfide) groups is 1. The highest BCUT2D eigenvalue weighted by molar-refractivity contribution is 8.01. The van der Waals surface area contributed by atoms with Gasteiger partial charge in [-0.1, -0.05) is 36.7 Å². The molecule has 1 aliphatic heterocycles. The fourth-order valence-corrected chi connectivity index (χ4v) is 4.94. The van der Waals surface area contributed by atoms with Gasteiger partial charge in [0.05, 0.1) is 31.0 Å². The first-order chi connectivity index (χ1) is 14.9. The molecular weight excluding hydrogens is 439 g/mol. The third-order valence-corrected chi connectivity index (χ3v) is 6.96. The van der Waals surface area contributed by atoms with Crippen molar-refractivity contribution in [2.24, 2.45) is 5.92 Å². The zero-order chi connectivity index (χ0) is 22.0. The SMILES string of the molecule is CC(C(=O)NCc1ccco1)C1Sc2ccccc2N(Cc2ccc(F)cc2Cl)C1=O. The normalized spacial score (nSPS) is 16.7. The number of carbonyl (C=O) groups excluding carboxylic acids is 2. The summed E-state index contributed by atoms with van der Waals surface area (Å²) < 4.78 is 18.7. The lowest BCUT2D eigenvalue weighted by Gasteiger charge is -2.36. The molecule has 1 N–H and O–H groups in total. The first kappa shape index (κ1) is 21.5. The second-order valence-corrected chi connectivity index (χ2v) is 8.84. The van der Waals surface area contributed by atoms with Crippen molar-refractivity contribution in [3.05, 3.63) is 83.0 Å². The average molecular weight is 459 g/mol. The zero-order valence-corrected chi connectivity index (χ0v) is 18.3. The summed E-state index contributed by atoms with van der Waals surface area (Å²) in [7, 11) is 0. The molecule has 0 spiro atoms. The Morgan fingerprint density at radius 3 is 2.81 bits per heavy atom.